The summed E-state index contributed by atoms with van der Waals surface area (Å²) >= 11 is 0. The van der Waals surface area contributed by atoms with E-state index in [1.54, 1.807) is 7.05 Å². The summed E-state index contributed by atoms with van der Waals surface area (Å²) in [6, 6.07) is 7.61. The molecule has 6 nitrogen and oxygen atoms in total. The van der Waals surface area contributed by atoms with Crippen molar-refractivity contribution in [2.45, 2.75) is 64.0 Å². The Bertz CT molecular complexity index is 593. The Balaban J connectivity index is 1.81. The minimum Gasteiger partial charge on any atom is -0.491 e. The molecule has 144 valence electrons. The first-order chi connectivity index (χ1) is 12.4. The number of hydrogen-bond acceptors (Lipinski definition) is 3. The molecular weight excluding hydrogens is 330 g/mol. The number of benzene rings is 1. The Morgan fingerprint density at radius 3 is 2.35 bits per heavy atom. The third kappa shape index (κ3) is 5.64. The Kier molecular flexibility index (Phi) is 7.30. The molecule has 0 spiro atoms. The lowest BCUT2D eigenvalue weighted by Gasteiger charge is -2.36. The van der Waals surface area contributed by atoms with E-state index < -0.39 is 5.54 Å². The molecule has 1 aromatic rings. The fourth-order valence-electron chi connectivity index (χ4n) is 3.39. The molecule has 1 aromatic carbocycles. The van der Waals surface area contributed by atoms with Crippen LogP contribution < -0.4 is 20.7 Å². The predicted molar refractivity (Wildman–Crippen MR) is 102 cm³/mol. The summed E-state index contributed by atoms with van der Waals surface area (Å²) in [5.74, 6) is 0.743. The number of hydrogen-bond donors (Lipinski definition) is 3. The van der Waals surface area contributed by atoms with Crippen LogP contribution in [0.5, 0.6) is 5.75 Å². The monoisotopic (exact) mass is 361 g/mol. The summed E-state index contributed by atoms with van der Waals surface area (Å²) in [4.78, 5) is 24.5. The molecule has 1 aliphatic rings. The van der Waals surface area contributed by atoms with Crippen LogP contribution in [0.2, 0.25) is 0 Å². The minimum atomic E-state index is -0.771. The first kappa shape index (κ1) is 20.1. The van der Waals surface area contributed by atoms with Gasteiger partial charge in [0.2, 0.25) is 5.91 Å². The first-order valence-corrected chi connectivity index (χ1v) is 9.49. The molecule has 0 atom stereocenters. The van der Waals surface area contributed by atoms with Gasteiger partial charge in [-0.25, -0.2) is 4.79 Å². The molecule has 3 amide bonds. The molecule has 0 unspecified atom stereocenters. The lowest BCUT2D eigenvalue weighted by molar-refractivity contribution is -0.128. The summed E-state index contributed by atoms with van der Waals surface area (Å²) in [5, 5.41) is 8.47. The van der Waals surface area contributed by atoms with Crippen LogP contribution >= 0.6 is 0 Å². The summed E-state index contributed by atoms with van der Waals surface area (Å²) in [6.07, 6.45) is 5.28. The molecular formula is C20H31N3O3. The van der Waals surface area contributed by atoms with Gasteiger partial charge in [-0.3, -0.25) is 4.79 Å². The summed E-state index contributed by atoms with van der Waals surface area (Å²) in [6.45, 7) is 4.50. The first-order valence-electron chi connectivity index (χ1n) is 9.49. The zero-order valence-corrected chi connectivity index (χ0v) is 16.1. The Hall–Kier alpha value is -2.24. The SMILES string of the molecule is CNC(=O)C1(NC(=O)NCCc2ccc(OC(C)C)cc2)CCCCC1. The average molecular weight is 361 g/mol. The third-order valence-corrected chi connectivity index (χ3v) is 4.72. The van der Waals surface area contributed by atoms with Gasteiger partial charge in [0.1, 0.15) is 11.3 Å². The molecule has 0 aliphatic heterocycles. The highest BCUT2D eigenvalue weighted by Crippen LogP contribution is 2.28. The summed E-state index contributed by atoms with van der Waals surface area (Å²) < 4.78 is 5.62. The number of rotatable bonds is 7. The fraction of sp³-hybridized carbons (Fsp3) is 0.600. The van der Waals surface area contributed by atoms with Gasteiger partial charge >= 0.3 is 6.03 Å². The zero-order chi connectivity index (χ0) is 19.0. The van der Waals surface area contributed by atoms with E-state index in [2.05, 4.69) is 16.0 Å². The van der Waals surface area contributed by atoms with Crippen molar-refractivity contribution in [1.29, 1.82) is 0 Å². The van der Waals surface area contributed by atoms with Gasteiger partial charge in [-0.15, -0.1) is 0 Å². The van der Waals surface area contributed by atoms with E-state index in [1.165, 1.54) is 0 Å². The third-order valence-electron chi connectivity index (χ3n) is 4.72. The van der Waals surface area contributed by atoms with E-state index in [0.717, 1.165) is 37.0 Å². The van der Waals surface area contributed by atoms with Gasteiger partial charge < -0.3 is 20.7 Å². The van der Waals surface area contributed by atoms with E-state index in [9.17, 15) is 9.59 Å². The van der Waals surface area contributed by atoms with Gasteiger partial charge in [0.25, 0.3) is 0 Å². The average Bonchev–Trinajstić information content (AvgIpc) is 2.62. The fourth-order valence-corrected chi connectivity index (χ4v) is 3.39. The number of nitrogens with one attached hydrogen (secondary N) is 3. The highest BCUT2D eigenvalue weighted by atomic mass is 16.5. The number of carbonyl (C=O) groups excluding carboxylic acids is 2. The lowest BCUT2D eigenvalue weighted by Crippen LogP contribution is -2.61. The topological polar surface area (TPSA) is 79.5 Å². The Morgan fingerprint density at radius 1 is 1.12 bits per heavy atom. The molecule has 0 saturated heterocycles. The predicted octanol–water partition coefficient (Wildman–Crippen LogP) is 2.76. The second-order valence-electron chi connectivity index (χ2n) is 7.16. The minimum absolute atomic E-state index is 0.104. The van der Waals surface area contributed by atoms with Gasteiger partial charge in [0.15, 0.2) is 0 Å². The maximum absolute atomic E-state index is 12.3. The quantitative estimate of drug-likeness (QED) is 0.699. The maximum Gasteiger partial charge on any atom is 0.315 e. The molecule has 2 rings (SSSR count). The van der Waals surface area contributed by atoms with E-state index in [-0.39, 0.29) is 18.0 Å². The maximum atomic E-state index is 12.3. The van der Waals surface area contributed by atoms with E-state index in [4.69, 9.17) is 4.74 Å². The second-order valence-corrected chi connectivity index (χ2v) is 7.16. The van der Waals surface area contributed by atoms with Crippen LogP contribution in [-0.2, 0) is 11.2 Å². The van der Waals surface area contributed by atoms with Crippen LogP contribution in [0.25, 0.3) is 0 Å². The largest absolute Gasteiger partial charge is 0.491 e. The molecule has 6 heteroatoms. The zero-order valence-electron chi connectivity index (χ0n) is 16.1. The standard InChI is InChI=1S/C20H31N3O3/c1-15(2)26-17-9-7-16(8-10-17)11-14-22-19(25)23-20(18(24)21-3)12-5-4-6-13-20/h7-10,15H,4-6,11-14H2,1-3H3,(H,21,24)(H2,22,23,25). The van der Waals surface area contributed by atoms with Crippen molar-refractivity contribution in [1.82, 2.24) is 16.0 Å². The number of urea groups is 1. The van der Waals surface area contributed by atoms with E-state index in [0.29, 0.717) is 19.4 Å². The van der Waals surface area contributed by atoms with Crippen LogP contribution in [-0.4, -0.2) is 37.2 Å². The molecule has 0 bridgehead atoms. The lowest BCUT2D eigenvalue weighted by atomic mass is 9.81. The molecule has 1 fully saturated rings. The number of likely N-dealkylation sites (N-methyl/N-ethyl adjacent to an activating group) is 1. The van der Waals surface area contributed by atoms with Gasteiger partial charge in [-0.2, -0.15) is 0 Å². The van der Waals surface area contributed by atoms with Crippen molar-refractivity contribution >= 4 is 11.9 Å². The highest BCUT2D eigenvalue weighted by Gasteiger charge is 2.40. The van der Waals surface area contributed by atoms with Crippen LogP contribution in [0.1, 0.15) is 51.5 Å². The van der Waals surface area contributed by atoms with Gasteiger partial charge in [0, 0.05) is 13.6 Å². The Morgan fingerprint density at radius 2 is 1.77 bits per heavy atom. The van der Waals surface area contributed by atoms with Crippen LogP contribution in [0.4, 0.5) is 4.79 Å². The van der Waals surface area contributed by atoms with Crippen LogP contribution in [0.3, 0.4) is 0 Å². The second kappa shape index (κ2) is 9.46. The van der Waals surface area contributed by atoms with E-state index in [1.807, 2.05) is 38.1 Å². The number of carbonyl (C=O) groups is 2. The smallest absolute Gasteiger partial charge is 0.315 e. The normalized spacial score (nSPS) is 16.0. The number of amides is 3. The van der Waals surface area contributed by atoms with E-state index >= 15 is 0 Å². The highest BCUT2D eigenvalue weighted by molar-refractivity contribution is 5.91. The van der Waals surface area contributed by atoms with Crippen molar-refractivity contribution < 1.29 is 14.3 Å². The molecule has 3 N–H and O–H groups in total. The summed E-state index contributed by atoms with van der Waals surface area (Å²) in [7, 11) is 1.62. The molecule has 1 saturated carbocycles. The van der Waals surface area contributed by atoms with Crippen molar-refractivity contribution in [2.75, 3.05) is 13.6 Å². The molecule has 26 heavy (non-hydrogen) atoms. The van der Waals surface area contributed by atoms with Gasteiger partial charge in [-0.05, 0) is 50.8 Å². The van der Waals surface area contributed by atoms with Gasteiger partial charge in [0.05, 0.1) is 6.10 Å². The molecule has 0 radical (unpaired) electrons. The number of ether oxygens (including phenoxy) is 1. The molecule has 1 aliphatic carbocycles. The van der Waals surface area contributed by atoms with Gasteiger partial charge in [-0.1, -0.05) is 31.4 Å². The van der Waals surface area contributed by atoms with Crippen molar-refractivity contribution in [2.24, 2.45) is 0 Å². The van der Waals surface area contributed by atoms with Crippen LogP contribution in [0.15, 0.2) is 24.3 Å². The van der Waals surface area contributed by atoms with Crippen molar-refractivity contribution in [3.63, 3.8) is 0 Å². The Labute approximate surface area is 156 Å². The summed E-state index contributed by atoms with van der Waals surface area (Å²) in [5.41, 5.74) is 0.354. The van der Waals surface area contributed by atoms with Crippen molar-refractivity contribution in [3.8, 4) is 5.75 Å². The molecule has 0 aromatic heterocycles. The molecule has 0 heterocycles. The van der Waals surface area contributed by atoms with Crippen molar-refractivity contribution in [3.05, 3.63) is 29.8 Å². The van der Waals surface area contributed by atoms with Crippen LogP contribution in [0, 0.1) is 0 Å².